The maximum atomic E-state index is 13.5. The maximum Gasteiger partial charge on any atom is 0.264 e. The fourth-order valence-corrected chi connectivity index (χ4v) is 6.07. The summed E-state index contributed by atoms with van der Waals surface area (Å²) in [7, 11) is -4.01. The molecule has 10 heteroatoms. The van der Waals surface area contributed by atoms with Crippen molar-refractivity contribution < 1.29 is 13.2 Å². The van der Waals surface area contributed by atoms with Crippen molar-refractivity contribution in [3.8, 4) is 5.69 Å². The maximum absolute atomic E-state index is 13.5. The largest absolute Gasteiger partial charge is 0.316 e. The second-order valence-corrected chi connectivity index (χ2v) is 11.9. The number of hydrazone groups is 1. The van der Waals surface area contributed by atoms with Crippen LogP contribution in [0.25, 0.3) is 5.69 Å². The standard InChI is InChI=1S/C29H28Cl2N4O3S/c1-19-5-10-25(11-6-19)34(39(37,38)26-12-7-20(2)8-13-26)18-29(36)33-32-17-23-15-21(3)35(22(23)4)28-14-9-24(30)16-27(28)31/h5-17H,18H2,1-4H3,(H,33,36)/b32-17-. The highest BCUT2D eigenvalue weighted by molar-refractivity contribution is 7.92. The number of carbonyl (C=O) groups is 1. The normalized spacial score (nSPS) is 11.6. The highest BCUT2D eigenvalue weighted by Gasteiger charge is 2.27. The number of aryl methyl sites for hydroxylation is 3. The third kappa shape index (κ3) is 6.36. The Bertz CT molecular complexity index is 1650. The smallest absolute Gasteiger partial charge is 0.264 e. The van der Waals surface area contributed by atoms with Gasteiger partial charge in [0.15, 0.2) is 0 Å². The van der Waals surface area contributed by atoms with E-state index in [4.69, 9.17) is 23.2 Å². The third-order valence-electron chi connectivity index (χ3n) is 6.23. The Morgan fingerprint density at radius 3 is 2.15 bits per heavy atom. The van der Waals surface area contributed by atoms with Gasteiger partial charge in [-0.3, -0.25) is 9.10 Å². The number of carbonyl (C=O) groups excluding carboxylic acids is 1. The summed E-state index contributed by atoms with van der Waals surface area (Å²) in [5.41, 5.74) is 8.05. The molecule has 0 atom stereocenters. The first kappa shape index (κ1) is 28.4. The number of benzene rings is 3. The van der Waals surface area contributed by atoms with E-state index in [2.05, 4.69) is 10.5 Å². The quantitative estimate of drug-likeness (QED) is 0.194. The van der Waals surface area contributed by atoms with Gasteiger partial charge in [0.2, 0.25) is 0 Å². The molecule has 39 heavy (non-hydrogen) atoms. The minimum Gasteiger partial charge on any atom is -0.316 e. The van der Waals surface area contributed by atoms with Crippen LogP contribution in [0, 0.1) is 27.7 Å². The van der Waals surface area contributed by atoms with E-state index in [-0.39, 0.29) is 4.90 Å². The number of nitrogens with zero attached hydrogens (tertiary/aromatic N) is 3. The molecule has 0 unspecified atom stereocenters. The molecule has 0 bridgehead atoms. The molecule has 3 aromatic carbocycles. The second-order valence-electron chi connectivity index (χ2n) is 9.21. The van der Waals surface area contributed by atoms with Gasteiger partial charge < -0.3 is 4.57 Å². The molecule has 202 valence electrons. The fourth-order valence-electron chi connectivity index (χ4n) is 4.15. The molecule has 1 heterocycles. The van der Waals surface area contributed by atoms with E-state index in [0.29, 0.717) is 15.7 Å². The van der Waals surface area contributed by atoms with Gasteiger partial charge in [-0.2, -0.15) is 5.10 Å². The van der Waals surface area contributed by atoms with E-state index in [9.17, 15) is 13.2 Å². The number of amides is 1. The van der Waals surface area contributed by atoms with Crippen LogP contribution in [0.4, 0.5) is 5.69 Å². The van der Waals surface area contributed by atoms with E-state index in [0.717, 1.165) is 38.1 Å². The van der Waals surface area contributed by atoms with Gasteiger partial charge in [-0.05, 0) is 76.2 Å². The average Bonchev–Trinajstić information content (AvgIpc) is 3.16. The van der Waals surface area contributed by atoms with Crippen LogP contribution >= 0.6 is 23.2 Å². The van der Waals surface area contributed by atoms with Gasteiger partial charge in [-0.1, -0.05) is 58.6 Å². The number of hydrogen-bond donors (Lipinski definition) is 1. The SMILES string of the molecule is Cc1ccc(N(CC(=O)N/N=C\c2cc(C)n(-c3ccc(Cl)cc3Cl)c2C)S(=O)(=O)c2ccc(C)cc2)cc1. The summed E-state index contributed by atoms with van der Waals surface area (Å²) in [6.45, 7) is 7.18. The predicted molar refractivity (Wildman–Crippen MR) is 158 cm³/mol. The van der Waals surface area contributed by atoms with E-state index in [1.165, 1.54) is 18.3 Å². The summed E-state index contributed by atoms with van der Waals surface area (Å²) in [4.78, 5) is 13.0. The lowest BCUT2D eigenvalue weighted by Gasteiger charge is -2.24. The van der Waals surface area contributed by atoms with Crippen LogP contribution in [0.5, 0.6) is 0 Å². The summed E-state index contributed by atoms with van der Waals surface area (Å²) in [6.07, 6.45) is 1.52. The van der Waals surface area contributed by atoms with Crippen molar-refractivity contribution in [3.63, 3.8) is 0 Å². The Labute approximate surface area is 238 Å². The van der Waals surface area contributed by atoms with Crippen LogP contribution in [0.15, 0.2) is 82.8 Å². The highest BCUT2D eigenvalue weighted by atomic mass is 35.5. The molecule has 7 nitrogen and oxygen atoms in total. The Hall–Kier alpha value is -3.59. The van der Waals surface area contributed by atoms with Crippen molar-refractivity contribution in [3.05, 3.63) is 111 Å². The summed E-state index contributed by atoms with van der Waals surface area (Å²) < 4.78 is 30.1. The van der Waals surface area contributed by atoms with Crippen LogP contribution in [0.3, 0.4) is 0 Å². The molecule has 0 aliphatic carbocycles. The minimum atomic E-state index is -4.01. The number of halogens is 2. The number of nitrogens with one attached hydrogen (secondary N) is 1. The van der Waals surface area contributed by atoms with Crippen molar-refractivity contribution in [1.82, 2.24) is 9.99 Å². The van der Waals surface area contributed by atoms with Crippen molar-refractivity contribution in [1.29, 1.82) is 0 Å². The van der Waals surface area contributed by atoms with Crippen molar-refractivity contribution in [2.45, 2.75) is 32.6 Å². The Kier molecular flexibility index (Phi) is 8.49. The summed E-state index contributed by atoms with van der Waals surface area (Å²) in [6, 6.07) is 20.6. The zero-order valence-electron chi connectivity index (χ0n) is 21.9. The van der Waals surface area contributed by atoms with Crippen LogP contribution < -0.4 is 9.73 Å². The average molecular weight is 584 g/mol. The van der Waals surface area contributed by atoms with E-state index >= 15 is 0 Å². The van der Waals surface area contributed by atoms with Crippen LogP contribution in [0.2, 0.25) is 10.0 Å². The minimum absolute atomic E-state index is 0.0956. The second kappa shape index (κ2) is 11.7. The molecule has 0 saturated carbocycles. The monoisotopic (exact) mass is 582 g/mol. The van der Waals surface area contributed by atoms with Gasteiger partial charge in [0.25, 0.3) is 15.9 Å². The van der Waals surface area contributed by atoms with Crippen molar-refractivity contribution in [2.24, 2.45) is 5.10 Å². The first-order valence-corrected chi connectivity index (χ1v) is 14.3. The molecule has 1 aromatic heterocycles. The first-order valence-electron chi connectivity index (χ1n) is 12.1. The first-order chi connectivity index (χ1) is 18.5. The highest BCUT2D eigenvalue weighted by Crippen LogP contribution is 2.28. The van der Waals surface area contributed by atoms with Gasteiger partial charge in [0.1, 0.15) is 6.54 Å². The molecule has 1 amide bonds. The molecule has 0 fully saturated rings. The summed E-state index contributed by atoms with van der Waals surface area (Å²) in [5, 5.41) is 5.15. The van der Waals surface area contributed by atoms with Gasteiger partial charge in [-0.15, -0.1) is 0 Å². The van der Waals surface area contributed by atoms with E-state index < -0.39 is 22.5 Å². The molecule has 0 aliphatic heterocycles. The van der Waals surface area contributed by atoms with Crippen molar-refractivity contribution >= 4 is 51.0 Å². The van der Waals surface area contributed by atoms with E-state index in [1.807, 2.05) is 44.4 Å². The summed E-state index contributed by atoms with van der Waals surface area (Å²) >= 11 is 12.5. The molecular weight excluding hydrogens is 555 g/mol. The van der Waals surface area contributed by atoms with Crippen LogP contribution in [0.1, 0.15) is 28.1 Å². The van der Waals surface area contributed by atoms with E-state index in [1.54, 1.807) is 48.5 Å². The topological polar surface area (TPSA) is 83.8 Å². The molecule has 4 aromatic rings. The van der Waals surface area contributed by atoms with Crippen LogP contribution in [-0.4, -0.2) is 31.7 Å². The molecule has 1 N–H and O–H groups in total. The van der Waals surface area contributed by atoms with Gasteiger partial charge >= 0.3 is 0 Å². The third-order valence-corrected chi connectivity index (χ3v) is 8.56. The zero-order valence-corrected chi connectivity index (χ0v) is 24.3. The van der Waals surface area contributed by atoms with Gasteiger partial charge in [-0.25, -0.2) is 13.8 Å². The fraction of sp³-hybridized carbons (Fsp3) is 0.172. The molecule has 0 spiro atoms. The van der Waals surface area contributed by atoms with Gasteiger partial charge in [0.05, 0.1) is 27.5 Å². The zero-order chi connectivity index (χ0) is 28.3. The summed E-state index contributed by atoms with van der Waals surface area (Å²) in [5.74, 6) is -0.586. The molecule has 0 radical (unpaired) electrons. The predicted octanol–water partition coefficient (Wildman–Crippen LogP) is 6.36. The lowest BCUT2D eigenvalue weighted by molar-refractivity contribution is -0.119. The molecule has 4 rings (SSSR count). The lowest BCUT2D eigenvalue weighted by atomic mass is 10.2. The number of anilines is 1. The van der Waals surface area contributed by atoms with Crippen LogP contribution in [-0.2, 0) is 14.8 Å². The van der Waals surface area contributed by atoms with Gasteiger partial charge in [0, 0.05) is 22.0 Å². The molecule has 0 aliphatic rings. The number of rotatable bonds is 8. The number of aromatic nitrogens is 1. The Morgan fingerprint density at radius 1 is 0.923 bits per heavy atom. The molecule has 0 saturated heterocycles. The van der Waals surface area contributed by atoms with Crippen molar-refractivity contribution in [2.75, 3.05) is 10.8 Å². The molecular formula is C29H28Cl2N4O3S. The Morgan fingerprint density at radius 2 is 1.54 bits per heavy atom. The number of sulfonamides is 1. The lowest BCUT2D eigenvalue weighted by Crippen LogP contribution is -2.39. The Balaban J connectivity index is 1.56. The number of hydrogen-bond acceptors (Lipinski definition) is 4.